The Kier molecular flexibility index (Phi) is 3.15. The maximum absolute atomic E-state index is 11.6. The first-order valence-corrected chi connectivity index (χ1v) is 5.55. The summed E-state index contributed by atoms with van der Waals surface area (Å²) in [6.07, 6.45) is 1.29. The number of thiophene rings is 1. The third-order valence-corrected chi connectivity index (χ3v) is 2.53. The second-order valence-corrected chi connectivity index (χ2v) is 3.94. The van der Waals surface area contributed by atoms with Crippen LogP contribution in [0, 0.1) is 0 Å². The van der Waals surface area contributed by atoms with Crippen LogP contribution in [0.5, 0.6) is 0 Å². The predicted molar refractivity (Wildman–Crippen MR) is 59.9 cm³/mol. The molecule has 2 N–H and O–H groups in total. The highest BCUT2D eigenvalue weighted by Crippen LogP contribution is 2.12. The van der Waals surface area contributed by atoms with E-state index in [0.29, 0.717) is 5.69 Å². The van der Waals surface area contributed by atoms with Crippen molar-refractivity contribution in [2.45, 2.75) is 6.54 Å². The van der Waals surface area contributed by atoms with Crippen LogP contribution < -0.4 is 5.32 Å². The zero-order chi connectivity index (χ0) is 12.3. The van der Waals surface area contributed by atoms with Crippen LogP contribution in [0.15, 0.2) is 23.0 Å². The Balaban J connectivity index is 2.04. The molecule has 17 heavy (non-hydrogen) atoms. The van der Waals surface area contributed by atoms with Gasteiger partial charge < -0.3 is 10.4 Å². The van der Waals surface area contributed by atoms with Crippen LogP contribution in [0.2, 0.25) is 0 Å². The van der Waals surface area contributed by atoms with Gasteiger partial charge in [0.05, 0.1) is 11.9 Å². The zero-order valence-corrected chi connectivity index (χ0v) is 9.35. The molecule has 0 fully saturated rings. The van der Waals surface area contributed by atoms with E-state index in [1.807, 2.05) is 5.38 Å². The van der Waals surface area contributed by atoms with Crippen LogP contribution in [0.1, 0.15) is 10.5 Å². The topological polar surface area (TPSA) is 97.1 Å². The number of aromatic nitrogens is 3. The van der Waals surface area contributed by atoms with Crippen molar-refractivity contribution in [1.82, 2.24) is 15.0 Å². The molecule has 0 aromatic carbocycles. The SMILES string of the molecule is O=C(O)Cn1cc(C(=O)Nc2ccsc2)nn1. The van der Waals surface area contributed by atoms with Crippen molar-refractivity contribution in [2.24, 2.45) is 0 Å². The lowest BCUT2D eigenvalue weighted by Gasteiger charge is -1.97. The van der Waals surface area contributed by atoms with E-state index in [0.717, 1.165) is 4.68 Å². The Morgan fingerprint density at radius 1 is 1.53 bits per heavy atom. The van der Waals surface area contributed by atoms with Crippen LogP contribution in [0.25, 0.3) is 0 Å². The molecule has 0 unspecified atom stereocenters. The first-order chi connectivity index (χ1) is 8.15. The van der Waals surface area contributed by atoms with Gasteiger partial charge in [-0.25, -0.2) is 4.68 Å². The predicted octanol–water partition coefficient (Wildman–Crippen LogP) is 0.677. The van der Waals surface area contributed by atoms with E-state index in [1.165, 1.54) is 17.5 Å². The number of amides is 1. The normalized spacial score (nSPS) is 10.1. The number of rotatable bonds is 4. The Morgan fingerprint density at radius 2 is 2.35 bits per heavy atom. The van der Waals surface area contributed by atoms with Gasteiger partial charge in [0.2, 0.25) is 0 Å². The smallest absolute Gasteiger partial charge is 0.325 e. The van der Waals surface area contributed by atoms with Gasteiger partial charge >= 0.3 is 5.97 Å². The summed E-state index contributed by atoms with van der Waals surface area (Å²) in [6.45, 7) is -0.321. The fraction of sp³-hybridized carbons (Fsp3) is 0.111. The first kappa shape index (κ1) is 11.3. The Bertz CT molecular complexity index is 534. The second kappa shape index (κ2) is 4.74. The molecule has 0 saturated heterocycles. The quantitative estimate of drug-likeness (QED) is 0.833. The van der Waals surface area contributed by atoms with Gasteiger partial charge in [0.15, 0.2) is 5.69 Å². The molecule has 0 spiro atoms. The average Bonchev–Trinajstić information content (AvgIpc) is 2.87. The van der Waals surface area contributed by atoms with Gasteiger partial charge in [-0.2, -0.15) is 11.3 Å². The van der Waals surface area contributed by atoms with E-state index in [1.54, 1.807) is 11.4 Å². The number of carbonyl (C=O) groups is 2. The standard InChI is InChI=1S/C9H8N4O3S/c14-8(15)4-13-3-7(11-12-13)9(16)10-6-1-2-17-5-6/h1-3,5H,4H2,(H,10,16)(H,14,15). The number of carboxylic acid groups (broad SMARTS) is 1. The third kappa shape index (κ3) is 2.88. The van der Waals surface area contributed by atoms with Gasteiger partial charge in [0.25, 0.3) is 5.91 Å². The Morgan fingerprint density at radius 3 is 3.00 bits per heavy atom. The number of nitrogens with one attached hydrogen (secondary N) is 1. The number of anilines is 1. The van der Waals surface area contributed by atoms with E-state index in [4.69, 9.17) is 5.11 Å². The molecule has 0 aliphatic heterocycles. The molecule has 0 radical (unpaired) electrons. The molecule has 0 aliphatic carbocycles. The summed E-state index contributed by atoms with van der Waals surface area (Å²) < 4.78 is 1.09. The van der Waals surface area contributed by atoms with Crippen molar-refractivity contribution in [3.8, 4) is 0 Å². The molecule has 0 atom stereocenters. The van der Waals surface area contributed by atoms with E-state index in [9.17, 15) is 9.59 Å². The highest BCUT2D eigenvalue weighted by atomic mass is 32.1. The molecule has 88 valence electrons. The number of carbonyl (C=O) groups excluding carboxylic acids is 1. The van der Waals surface area contributed by atoms with Gasteiger partial charge in [0.1, 0.15) is 6.54 Å². The van der Waals surface area contributed by atoms with Crippen LogP contribution >= 0.6 is 11.3 Å². The molecular weight excluding hydrogens is 244 g/mol. The number of hydrogen-bond donors (Lipinski definition) is 2. The molecule has 2 aromatic rings. The molecule has 0 saturated carbocycles. The molecule has 0 bridgehead atoms. The zero-order valence-electron chi connectivity index (χ0n) is 8.53. The summed E-state index contributed by atoms with van der Waals surface area (Å²) in [6, 6.07) is 1.75. The van der Waals surface area contributed by atoms with Crippen LogP contribution in [0.3, 0.4) is 0 Å². The Hall–Kier alpha value is -2.22. The monoisotopic (exact) mass is 252 g/mol. The summed E-state index contributed by atoms with van der Waals surface area (Å²) in [5.41, 5.74) is 0.755. The first-order valence-electron chi connectivity index (χ1n) is 4.60. The van der Waals surface area contributed by atoms with Crippen LogP contribution in [0.4, 0.5) is 5.69 Å². The second-order valence-electron chi connectivity index (χ2n) is 3.16. The molecular formula is C9H8N4O3S. The number of carboxylic acids is 1. The molecule has 2 aromatic heterocycles. The van der Waals surface area contributed by atoms with E-state index < -0.39 is 11.9 Å². The van der Waals surface area contributed by atoms with Crippen LogP contribution in [-0.2, 0) is 11.3 Å². The summed E-state index contributed by atoms with van der Waals surface area (Å²) >= 11 is 1.46. The molecule has 8 heteroatoms. The average molecular weight is 252 g/mol. The summed E-state index contributed by atoms with van der Waals surface area (Å²) in [7, 11) is 0. The number of nitrogens with zero attached hydrogens (tertiary/aromatic N) is 3. The molecule has 2 heterocycles. The fourth-order valence-corrected chi connectivity index (χ4v) is 1.74. The van der Waals surface area contributed by atoms with Crippen molar-refractivity contribution < 1.29 is 14.7 Å². The summed E-state index contributed by atoms with van der Waals surface area (Å²) in [4.78, 5) is 22.1. The van der Waals surface area contributed by atoms with Crippen LogP contribution in [-0.4, -0.2) is 32.0 Å². The summed E-state index contributed by atoms with van der Waals surface area (Å²) in [5.74, 6) is -1.46. The lowest BCUT2D eigenvalue weighted by atomic mass is 10.4. The molecule has 7 nitrogen and oxygen atoms in total. The fourth-order valence-electron chi connectivity index (χ4n) is 1.15. The van der Waals surface area contributed by atoms with Crippen molar-refractivity contribution in [3.63, 3.8) is 0 Å². The minimum absolute atomic E-state index is 0.0810. The third-order valence-electron chi connectivity index (χ3n) is 1.85. The van der Waals surface area contributed by atoms with Gasteiger partial charge in [-0.15, -0.1) is 5.10 Å². The highest BCUT2D eigenvalue weighted by molar-refractivity contribution is 7.08. The Labute approximate surface area is 99.7 Å². The minimum Gasteiger partial charge on any atom is -0.480 e. The van der Waals surface area contributed by atoms with Gasteiger partial charge in [-0.05, 0) is 11.4 Å². The van der Waals surface area contributed by atoms with Gasteiger partial charge in [-0.3, -0.25) is 9.59 Å². The maximum atomic E-state index is 11.6. The number of hydrogen-bond acceptors (Lipinski definition) is 5. The largest absolute Gasteiger partial charge is 0.480 e. The van der Waals surface area contributed by atoms with E-state index in [-0.39, 0.29) is 12.2 Å². The van der Waals surface area contributed by atoms with E-state index in [2.05, 4.69) is 15.6 Å². The lowest BCUT2D eigenvalue weighted by molar-refractivity contribution is -0.137. The van der Waals surface area contributed by atoms with Gasteiger partial charge in [0, 0.05) is 5.38 Å². The molecule has 1 amide bonds. The van der Waals surface area contributed by atoms with Gasteiger partial charge in [-0.1, -0.05) is 5.21 Å². The molecule has 2 rings (SSSR count). The highest BCUT2D eigenvalue weighted by Gasteiger charge is 2.12. The van der Waals surface area contributed by atoms with E-state index >= 15 is 0 Å². The molecule has 0 aliphatic rings. The minimum atomic E-state index is -1.04. The number of aliphatic carboxylic acids is 1. The van der Waals surface area contributed by atoms with Crippen molar-refractivity contribution >= 4 is 28.9 Å². The van der Waals surface area contributed by atoms with Crippen molar-refractivity contribution in [2.75, 3.05) is 5.32 Å². The summed E-state index contributed by atoms with van der Waals surface area (Å²) in [5, 5.41) is 21.9. The maximum Gasteiger partial charge on any atom is 0.325 e. The lowest BCUT2D eigenvalue weighted by Crippen LogP contribution is -2.12. The van der Waals surface area contributed by atoms with Crippen molar-refractivity contribution in [1.29, 1.82) is 0 Å². The van der Waals surface area contributed by atoms with Crippen molar-refractivity contribution in [3.05, 3.63) is 28.7 Å².